The highest BCUT2D eigenvalue weighted by molar-refractivity contribution is 7.15. The van der Waals surface area contributed by atoms with Gasteiger partial charge in [0.05, 0.1) is 5.10 Å². The van der Waals surface area contributed by atoms with Crippen molar-refractivity contribution in [2.75, 3.05) is 14.1 Å². The summed E-state index contributed by atoms with van der Waals surface area (Å²) in [6, 6.07) is 0. The number of nitrogens with zero attached hydrogens (tertiary/aromatic N) is 4. The minimum Gasteiger partial charge on any atom is -0.383 e. The Kier molecular flexibility index (Phi) is 2.91. The molecule has 0 N–H and O–H groups in total. The number of hydrogen-bond acceptors (Lipinski definition) is 6. The van der Waals surface area contributed by atoms with Crippen molar-refractivity contribution in [3.63, 3.8) is 0 Å². The SMILES string of the molecule is CN(C)/C=C\c1nnc([N+](=O)[O-])s1. The Morgan fingerprint density at radius 3 is 2.69 bits per heavy atom. The van der Waals surface area contributed by atoms with Crippen LogP contribution in [0.4, 0.5) is 5.13 Å². The van der Waals surface area contributed by atoms with Crippen LogP contribution in [0.2, 0.25) is 0 Å². The van der Waals surface area contributed by atoms with Gasteiger partial charge < -0.3 is 15.0 Å². The van der Waals surface area contributed by atoms with Crippen molar-refractivity contribution in [1.82, 2.24) is 15.1 Å². The average Bonchev–Trinajstić information content (AvgIpc) is 2.48. The topological polar surface area (TPSA) is 72.2 Å². The Balaban J connectivity index is 2.75. The van der Waals surface area contributed by atoms with Crippen LogP contribution >= 0.6 is 11.3 Å². The van der Waals surface area contributed by atoms with Gasteiger partial charge in [0.2, 0.25) is 0 Å². The van der Waals surface area contributed by atoms with Crippen LogP contribution in [0.25, 0.3) is 6.08 Å². The van der Waals surface area contributed by atoms with E-state index < -0.39 is 4.92 Å². The van der Waals surface area contributed by atoms with Gasteiger partial charge >= 0.3 is 5.13 Å². The highest BCUT2D eigenvalue weighted by atomic mass is 32.1. The molecule has 0 saturated carbocycles. The summed E-state index contributed by atoms with van der Waals surface area (Å²) in [5, 5.41) is 17.6. The third kappa shape index (κ3) is 2.79. The van der Waals surface area contributed by atoms with Gasteiger partial charge in [-0.2, -0.15) is 0 Å². The lowest BCUT2D eigenvalue weighted by atomic mass is 10.6. The first-order chi connectivity index (χ1) is 6.09. The van der Waals surface area contributed by atoms with Gasteiger partial charge in [-0.3, -0.25) is 0 Å². The molecule has 0 spiro atoms. The van der Waals surface area contributed by atoms with Crippen LogP contribution in [0.15, 0.2) is 6.20 Å². The number of hydrogen-bond donors (Lipinski definition) is 0. The molecule has 0 amide bonds. The van der Waals surface area contributed by atoms with Gasteiger partial charge in [0, 0.05) is 20.3 Å². The lowest BCUT2D eigenvalue weighted by Gasteiger charge is -2.00. The molecule has 0 radical (unpaired) electrons. The van der Waals surface area contributed by atoms with Crippen LogP contribution < -0.4 is 0 Å². The minimum absolute atomic E-state index is 0.182. The molecule has 13 heavy (non-hydrogen) atoms. The van der Waals surface area contributed by atoms with E-state index in [4.69, 9.17) is 0 Å². The predicted octanol–water partition coefficient (Wildman–Crippen LogP) is 0.979. The fourth-order valence-electron chi connectivity index (χ4n) is 0.580. The molecule has 0 aliphatic rings. The number of nitro groups is 1. The highest BCUT2D eigenvalue weighted by Gasteiger charge is 2.12. The van der Waals surface area contributed by atoms with Crippen molar-refractivity contribution < 1.29 is 4.92 Å². The summed E-state index contributed by atoms with van der Waals surface area (Å²) in [5.41, 5.74) is 0. The molecule has 0 bridgehead atoms. The fourth-order valence-corrected chi connectivity index (χ4v) is 1.13. The second-order valence-electron chi connectivity index (χ2n) is 2.46. The van der Waals surface area contributed by atoms with Crippen LogP contribution in [-0.2, 0) is 0 Å². The van der Waals surface area contributed by atoms with Crippen molar-refractivity contribution in [3.05, 3.63) is 21.3 Å². The average molecular weight is 200 g/mol. The van der Waals surface area contributed by atoms with Gasteiger partial charge in [-0.15, -0.1) is 0 Å². The zero-order chi connectivity index (χ0) is 9.84. The molecule has 7 heteroatoms. The van der Waals surface area contributed by atoms with E-state index >= 15 is 0 Å². The Morgan fingerprint density at radius 1 is 1.54 bits per heavy atom. The molecule has 6 nitrogen and oxygen atoms in total. The Hall–Kier alpha value is -1.50. The van der Waals surface area contributed by atoms with Crippen LogP contribution in [0.5, 0.6) is 0 Å². The van der Waals surface area contributed by atoms with Crippen molar-refractivity contribution in [1.29, 1.82) is 0 Å². The van der Waals surface area contributed by atoms with Crippen LogP contribution in [-0.4, -0.2) is 34.1 Å². The lowest BCUT2D eigenvalue weighted by Crippen LogP contribution is -1.99. The summed E-state index contributed by atoms with van der Waals surface area (Å²) in [6.45, 7) is 0. The maximum absolute atomic E-state index is 10.2. The molecule has 1 heterocycles. The van der Waals surface area contributed by atoms with Gasteiger partial charge in [-0.05, 0) is 27.4 Å². The zero-order valence-corrected chi connectivity index (χ0v) is 7.98. The molecule has 1 aromatic heterocycles. The van der Waals surface area contributed by atoms with Crippen LogP contribution in [0.3, 0.4) is 0 Å². The molecule has 0 aromatic carbocycles. The lowest BCUT2D eigenvalue weighted by molar-refractivity contribution is -0.385. The van der Waals surface area contributed by atoms with Gasteiger partial charge in [-0.1, -0.05) is 0 Å². The third-order valence-electron chi connectivity index (χ3n) is 1.10. The van der Waals surface area contributed by atoms with Gasteiger partial charge in [0.25, 0.3) is 0 Å². The Bertz CT molecular complexity index is 333. The van der Waals surface area contributed by atoms with E-state index in [1.807, 2.05) is 19.0 Å². The summed E-state index contributed by atoms with van der Waals surface area (Å²) < 4.78 is 0. The molecule has 0 atom stereocenters. The molecule has 0 aliphatic carbocycles. The van der Waals surface area contributed by atoms with Crippen LogP contribution in [0, 0.1) is 10.1 Å². The molecule has 1 aromatic rings. The second kappa shape index (κ2) is 3.94. The van der Waals surface area contributed by atoms with E-state index in [1.54, 1.807) is 12.3 Å². The normalized spacial score (nSPS) is 10.6. The first kappa shape index (κ1) is 9.59. The molecule has 0 aliphatic heterocycles. The van der Waals surface area contributed by atoms with Crippen molar-refractivity contribution in [2.24, 2.45) is 0 Å². The third-order valence-corrected chi connectivity index (χ3v) is 1.94. The number of rotatable bonds is 3. The summed E-state index contributed by atoms with van der Waals surface area (Å²) in [5.74, 6) is 0. The fraction of sp³-hybridized carbons (Fsp3) is 0.333. The van der Waals surface area contributed by atoms with Gasteiger partial charge in [0.1, 0.15) is 0 Å². The van der Waals surface area contributed by atoms with Gasteiger partial charge in [0.15, 0.2) is 5.01 Å². The zero-order valence-electron chi connectivity index (χ0n) is 7.17. The molecule has 0 unspecified atom stereocenters. The maximum atomic E-state index is 10.2. The molecule has 0 fully saturated rings. The minimum atomic E-state index is -0.551. The summed E-state index contributed by atoms with van der Waals surface area (Å²) in [6.07, 6.45) is 3.43. The molecule has 70 valence electrons. The highest BCUT2D eigenvalue weighted by Crippen LogP contribution is 2.18. The first-order valence-corrected chi connectivity index (χ1v) is 4.24. The summed E-state index contributed by atoms with van der Waals surface area (Å²) in [4.78, 5) is 11.5. The van der Waals surface area contributed by atoms with E-state index in [1.165, 1.54) is 0 Å². The second-order valence-corrected chi connectivity index (χ2v) is 3.45. The molecular weight excluding hydrogens is 192 g/mol. The number of aromatic nitrogens is 2. The van der Waals surface area contributed by atoms with E-state index in [0.29, 0.717) is 5.01 Å². The Morgan fingerprint density at radius 2 is 2.23 bits per heavy atom. The summed E-state index contributed by atoms with van der Waals surface area (Å²) in [7, 11) is 3.71. The predicted molar refractivity (Wildman–Crippen MR) is 49.3 cm³/mol. The monoisotopic (exact) mass is 200 g/mol. The van der Waals surface area contributed by atoms with E-state index in [0.717, 1.165) is 11.3 Å². The van der Waals surface area contributed by atoms with Crippen LogP contribution in [0.1, 0.15) is 5.01 Å². The van der Waals surface area contributed by atoms with Crippen molar-refractivity contribution in [3.8, 4) is 0 Å². The van der Waals surface area contributed by atoms with E-state index in [2.05, 4.69) is 10.2 Å². The van der Waals surface area contributed by atoms with Gasteiger partial charge in [-0.25, -0.2) is 0 Å². The largest absolute Gasteiger partial charge is 0.450 e. The van der Waals surface area contributed by atoms with E-state index in [9.17, 15) is 10.1 Å². The van der Waals surface area contributed by atoms with Crippen molar-refractivity contribution in [2.45, 2.75) is 0 Å². The Labute approximate surface area is 78.7 Å². The smallest absolute Gasteiger partial charge is 0.383 e. The standard InChI is InChI=1S/C6H8N4O2S/c1-9(2)4-3-5-7-8-6(13-5)10(11)12/h3-4H,1-2H3/b4-3-. The molecule has 0 saturated heterocycles. The molecule has 1 rings (SSSR count). The quantitative estimate of drug-likeness (QED) is 0.537. The first-order valence-electron chi connectivity index (χ1n) is 3.42. The summed E-state index contributed by atoms with van der Waals surface area (Å²) >= 11 is 0.948. The van der Waals surface area contributed by atoms with Crippen molar-refractivity contribution >= 4 is 22.5 Å². The maximum Gasteiger partial charge on any atom is 0.450 e. The van der Waals surface area contributed by atoms with E-state index in [-0.39, 0.29) is 5.13 Å². The molecular formula is C6H8N4O2S.